The second kappa shape index (κ2) is 9.18. The highest BCUT2D eigenvalue weighted by atomic mass is 19.1. The van der Waals surface area contributed by atoms with Crippen molar-refractivity contribution in [2.24, 2.45) is 5.73 Å². The zero-order valence-corrected chi connectivity index (χ0v) is 17.1. The van der Waals surface area contributed by atoms with Crippen LogP contribution in [0.25, 0.3) is 0 Å². The molecule has 2 heterocycles. The Morgan fingerprint density at radius 3 is 2.67 bits per heavy atom. The second-order valence-electron chi connectivity index (χ2n) is 8.61. The second-order valence-corrected chi connectivity index (χ2v) is 8.61. The number of carbonyl (C=O) groups is 1. The van der Waals surface area contributed by atoms with Crippen molar-refractivity contribution in [1.82, 2.24) is 9.97 Å². The van der Waals surface area contributed by atoms with Crippen molar-refractivity contribution >= 4 is 11.6 Å². The van der Waals surface area contributed by atoms with Gasteiger partial charge in [0.05, 0.1) is 23.7 Å². The predicted octanol–water partition coefficient (Wildman–Crippen LogP) is 3.87. The molecule has 160 valence electrons. The molecule has 1 amide bonds. The van der Waals surface area contributed by atoms with E-state index < -0.39 is 5.82 Å². The zero-order chi connectivity index (χ0) is 21.1. The van der Waals surface area contributed by atoms with Crippen molar-refractivity contribution in [2.45, 2.75) is 75.3 Å². The maximum Gasteiger partial charge on any atom is 0.274 e. The molecule has 7 heteroatoms. The maximum atomic E-state index is 14.4. The summed E-state index contributed by atoms with van der Waals surface area (Å²) in [5, 5.41) is 12.6. The van der Waals surface area contributed by atoms with Crippen LogP contribution >= 0.6 is 0 Å². The van der Waals surface area contributed by atoms with Gasteiger partial charge in [-0.25, -0.2) is 9.37 Å². The molecule has 6 nitrogen and oxygen atoms in total. The summed E-state index contributed by atoms with van der Waals surface area (Å²) in [6.45, 7) is 0. The third-order valence-electron chi connectivity index (χ3n) is 6.45. The first kappa shape index (κ1) is 20.9. The van der Waals surface area contributed by atoms with Crippen molar-refractivity contribution < 1.29 is 14.3 Å². The van der Waals surface area contributed by atoms with Crippen LogP contribution in [0.15, 0.2) is 30.6 Å². The van der Waals surface area contributed by atoms with E-state index in [0.717, 1.165) is 31.2 Å². The molecule has 2 aliphatic rings. The number of halogens is 1. The van der Waals surface area contributed by atoms with Crippen LogP contribution in [0.2, 0.25) is 0 Å². The lowest BCUT2D eigenvalue weighted by atomic mass is 9.81. The summed E-state index contributed by atoms with van der Waals surface area (Å²) in [4.78, 5) is 21.5. The number of aliphatic hydroxyl groups is 1. The van der Waals surface area contributed by atoms with E-state index in [1.165, 1.54) is 12.1 Å². The van der Waals surface area contributed by atoms with Crippen molar-refractivity contribution in [1.29, 1.82) is 0 Å². The average molecular weight is 413 g/mol. The summed E-state index contributed by atoms with van der Waals surface area (Å²) in [7, 11) is 0. The average Bonchev–Trinajstić information content (AvgIpc) is 2.75. The monoisotopic (exact) mass is 412 g/mol. The normalized spacial score (nSPS) is 26.9. The summed E-state index contributed by atoms with van der Waals surface area (Å²) >= 11 is 0. The van der Waals surface area contributed by atoms with Gasteiger partial charge in [-0.05, 0) is 74.6 Å². The first-order valence-corrected chi connectivity index (χ1v) is 10.9. The van der Waals surface area contributed by atoms with E-state index in [0.29, 0.717) is 37.1 Å². The zero-order valence-electron chi connectivity index (χ0n) is 17.1. The number of hydrogen-bond acceptors (Lipinski definition) is 5. The third-order valence-corrected chi connectivity index (χ3v) is 6.45. The van der Waals surface area contributed by atoms with Crippen LogP contribution in [0, 0.1) is 5.82 Å². The van der Waals surface area contributed by atoms with Crippen LogP contribution in [-0.4, -0.2) is 33.1 Å². The Kier molecular flexibility index (Phi) is 6.39. The third kappa shape index (κ3) is 4.68. The largest absolute Gasteiger partial charge is 0.393 e. The molecular weight excluding hydrogens is 383 g/mol. The lowest BCUT2D eigenvalue weighted by Crippen LogP contribution is -2.27. The van der Waals surface area contributed by atoms with Gasteiger partial charge >= 0.3 is 0 Å². The van der Waals surface area contributed by atoms with Gasteiger partial charge in [-0.15, -0.1) is 0 Å². The number of nitrogens with zero attached hydrogens (tertiary/aromatic N) is 2. The molecule has 2 aromatic rings. The minimum atomic E-state index is -0.397. The molecule has 4 N–H and O–H groups in total. The number of rotatable bonds is 4. The van der Waals surface area contributed by atoms with Gasteiger partial charge in [0.1, 0.15) is 11.5 Å². The van der Waals surface area contributed by atoms with E-state index in [2.05, 4.69) is 15.3 Å². The molecule has 0 saturated heterocycles. The molecule has 2 aromatic heterocycles. The van der Waals surface area contributed by atoms with Crippen molar-refractivity contribution in [2.75, 3.05) is 5.32 Å². The fourth-order valence-corrected chi connectivity index (χ4v) is 4.78. The smallest absolute Gasteiger partial charge is 0.274 e. The minimum Gasteiger partial charge on any atom is -0.393 e. The number of pyridine rings is 2. The van der Waals surface area contributed by atoms with Crippen LogP contribution in [-0.2, 0) is 0 Å². The van der Waals surface area contributed by atoms with E-state index >= 15 is 0 Å². The number of hydrogen-bond donors (Lipinski definition) is 3. The van der Waals surface area contributed by atoms with Gasteiger partial charge in [0.25, 0.3) is 5.91 Å². The molecule has 2 aliphatic carbocycles. The minimum absolute atomic E-state index is 0.0705. The Morgan fingerprint density at radius 2 is 1.90 bits per heavy atom. The Balaban J connectivity index is 1.53. The molecule has 0 aliphatic heterocycles. The van der Waals surface area contributed by atoms with Crippen LogP contribution in [0.1, 0.15) is 84.9 Å². The molecule has 0 spiro atoms. The first-order valence-electron chi connectivity index (χ1n) is 10.9. The molecule has 30 heavy (non-hydrogen) atoms. The highest BCUT2D eigenvalue weighted by Crippen LogP contribution is 2.36. The highest BCUT2D eigenvalue weighted by molar-refractivity contribution is 6.03. The Labute approximate surface area is 176 Å². The van der Waals surface area contributed by atoms with Crippen LogP contribution < -0.4 is 11.1 Å². The molecular formula is C23H29FN4O2. The number of carbonyl (C=O) groups excluding carboxylic acids is 1. The van der Waals surface area contributed by atoms with Crippen molar-refractivity contribution in [3.63, 3.8) is 0 Å². The molecule has 0 unspecified atom stereocenters. The van der Waals surface area contributed by atoms with Gasteiger partial charge in [0.15, 0.2) is 0 Å². The van der Waals surface area contributed by atoms with E-state index in [1.807, 2.05) is 6.07 Å². The fraction of sp³-hybridized carbons (Fsp3) is 0.522. The van der Waals surface area contributed by atoms with E-state index in [1.54, 1.807) is 12.4 Å². The van der Waals surface area contributed by atoms with E-state index in [4.69, 9.17) is 5.73 Å². The van der Waals surface area contributed by atoms with Gasteiger partial charge < -0.3 is 16.2 Å². The number of nitrogens with one attached hydrogen (secondary N) is 1. The molecule has 0 aromatic carbocycles. The Bertz CT molecular complexity index is 899. The topological polar surface area (TPSA) is 101 Å². The summed E-state index contributed by atoms with van der Waals surface area (Å²) < 4.78 is 14.4. The number of anilines is 1. The molecule has 0 bridgehead atoms. The maximum absolute atomic E-state index is 14.4. The van der Waals surface area contributed by atoms with E-state index in [-0.39, 0.29) is 35.6 Å². The van der Waals surface area contributed by atoms with Gasteiger partial charge in [-0.2, -0.15) is 0 Å². The molecule has 2 saturated carbocycles. The van der Waals surface area contributed by atoms with Gasteiger partial charge in [0, 0.05) is 18.2 Å². The summed E-state index contributed by atoms with van der Waals surface area (Å²) in [5.41, 5.74) is 8.36. The summed E-state index contributed by atoms with van der Waals surface area (Å²) in [6.07, 6.45) is 9.69. The van der Waals surface area contributed by atoms with Gasteiger partial charge in [0.2, 0.25) is 0 Å². The molecule has 0 radical (unpaired) electrons. The molecule has 2 atom stereocenters. The van der Waals surface area contributed by atoms with Gasteiger partial charge in [-0.1, -0.05) is 6.42 Å². The lowest BCUT2D eigenvalue weighted by molar-refractivity contribution is 0.102. The number of aromatic nitrogens is 2. The number of nitrogens with two attached hydrogens (primary N) is 1. The van der Waals surface area contributed by atoms with Crippen molar-refractivity contribution in [3.8, 4) is 0 Å². The van der Waals surface area contributed by atoms with Crippen molar-refractivity contribution in [3.05, 3.63) is 53.4 Å². The molecule has 2 fully saturated rings. The first-order chi connectivity index (χ1) is 14.5. The highest BCUT2D eigenvalue weighted by Gasteiger charge is 2.26. The standard InChI is InChI=1S/C23H29FN4O2/c24-19-8-9-20(27-22(19)14-4-6-17(29)7-5-14)23(30)28-21-13-26-11-10-18(21)15-2-1-3-16(25)12-15/h8-11,13-17,29H,1-7,12,25H2,(H,28,30)/t14?,15-,16+,17?/m1/s1. The SMILES string of the molecule is N[C@H]1CCC[C@@H](c2ccncc2NC(=O)c2ccc(F)c(C3CCC(O)CC3)n2)C1. The van der Waals surface area contributed by atoms with Crippen LogP contribution in [0.3, 0.4) is 0 Å². The molecule has 4 rings (SSSR count). The Hall–Kier alpha value is -2.38. The quantitative estimate of drug-likeness (QED) is 0.708. The Morgan fingerprint density at radius 1 is 1.10 bits per heavy atom. The van der Waals surface area contributed by atoms with Crippen LogP contribution in [0.5, 0.6) is 0 Å². The lowest BCUT2D eigenvalue weighted by Gasteiger charge is -2.28. The van der Waals surface area contributed by atoms with Gasteiger partial charge in [-0.3, -0.25) is 9.78 Å². The summed E-state index contributed by atoms with van der Waals surface area (Å²) in [6, 6.07) is 4.84. The van der Waals surface area contributed by atoms with E-state index in [9.17, 15) is 14.3 Å². The van der Waals surface area contributed by atoms with Crippen LogP contribution in [0.4, 0.5) is 10.1 Å². The summed E-state index contributed by atoms with van der Waals surface area (Å²) in [5.74, 6) is -0.552. The predicted molar refractivity (Wildman–Crippen MR) is 113 cm³/mol. The fourth-order valence-electron chi connectivity index (χ4n) is 4.78. The number of amides is 1. The number of aliphatic hydroxyl groups excluding tert-OH is 1.